The van der Waals surface area contributed by atoms with Gasteiger partial charge in [-0.05, 0) is 67.0 Å². The molecule has 2 aliphatic rings. The van der Waals surface area contributed by atoms with Crippen molar-refractivity contribution in [2.45, 2.75) is 38.3 Å². The molecule has 3 nitrogen and oxygen atoms in total. The molecule has 0 saturated carbocycles. The van der Waals surface area contributed by atoms with Crippen molar-refractivity contribution in [2.24, 2.45) is 5.92 Å². The summed E-state index contributed by atoms with van der Waals surface area (Å²) in [7, 11) is 3.44. The molecule has 0 spiro atoms. The summed E-state index contributed by atoms with van der Waals surface area (Å²) in [4.78, 5) is 2.70. The molecule has 1 fully saturated rings. The van der Waals surface area contributed by atoms with Crippen molar-refractivity contribution in [3.63, 3.8) is 0 Å². The van der Waals surface area contributed by atoms with Crippen LogP contribution in [-0.2, 0) is 19.4 Å². The van der Waals surface area contributed by atoms with E-state index < -0.39 is 0 Å². The normalized spacial score (nSPS) is 22.8. The standard InChI is InChI=1S/C22H27NO2/c1-24-21-13-18-11-17-9-6-10-23(15-16-7-4-3-5-8-16)20(17)12-19(18)14-22(21)25-2/h3-5,7-8,13-14,17,20H,6,9-12,15H2,1-2H3. The molecule has 0 bridgehead atoms. The highest BCUT2D eigenvalue weighted by molar-refractivity contribution is 5.49. The second kappa shape index (κ2) is 7.09. The van der Waals surface area contributed by atoms with E-state index >= 15 is 0 Å². The van der Waals surface area contributed by atoms with E-state index in [1.807, 2.05) is 0 Å². The van der Waals surface area contributed by atoms with Crippen molar-refractivity contribution >= 4 is 0 Å². The summed E-state index contributed by atoms with van der Waals surface area (Å²) in [6, 6.07) is 15.9. The Kier molecular flexibility index (Phi) is 4.67. The number of likely N-dealkylation sites (tertiary alicyclic amines) is 1. The number of fused-ring (bicyclic) bond motifs is 2. The number of hydrogen-bond donors (Lipinski definition) is 0. The molecule has 132 valence electrons. The van der Waals surface area contributed by atoms with Gasteiger partial charge in [0.05, 0.1) is 14.2 Å². The van der Waals surface area contributed by atoms with E-state index in [-0.39, 0.29) is 0 Å². The molecule has 1 aliphatic carbocycles. The summed E-state index contributed by atoms with van der Waals surface area (Å²) in [6.45, 7) is 2.27. The highest BCUT2D eigenvalue weighted by Crippen LogP contribution is 2.40. The first-order chi connectivity index (χ1) is 12.3. The Labute approximate surface area is 150 Å². The van der Waals surface area contributed by atoms with Crippen molar-refractivity contribution in [1.29, 1.82) is 0 Å². The lowest BCUT2D eigenvalue weighted by atomic mass is 9.75. The number of nitrogens with zero attached hydrogens (tertiary/aromatic N) is 1. The number of ether oxygens (including phenoxy) is 2. The Hall–Kier alpha value is -2.00. The molecule has 1 heterocycles. The third-order valence-electron chi connectivity index (χ3n) is 5.88. The summed E-state index contributed by atoms with van der Waals surface area (Å²) in [5.74, 6) is 2.46. The molecule has 1 aliphatic heterocycles. The number of rotatable bonds is 4. The minimum atomic E-state index is 0.638. The number of methoxy groups -OCH3 is 2. The Balaban J connectivity index is 1.60. The number of piperidine rings is 1. The van der Waals surface area contributed by atoms with Crippen LogP contribution in [0.25, 0.3) is 0 Å². The van der Waals surface area contributed by atoms with E-state index in [2.05, 4.69) is 47.4 Å². The van der Waals surface area contributed by atoms with Gasteiger partial charge in [0.25, 0.3) is 0 Å². The first-order valence-corrected chi connectivity index (χ1v) is 9.30. The maximum Gasteiger partial charge on any atom is 0.161 e. The molecule has 2 atom stereocenters. The minimum Gasteiger partial charge on any atom is -0.493 e. The van der Waals surface area contributed by atoms with Gasteiger partial charge in [0.2, 0.25) is 0 Å². The van der Waals surface area contributed by atoms with Gasteiger partial charge in [-0.2, -0.15) is 0 Å². The average Bonchev–Trinajstić information content (AvgIpc) is 2.66. The van der Waals surface area contributed by atoms with Gasteiger partial charge in [-0.15, -0.1) is 0 Å². The van der Waals surface area contributed by atoms with E-state index in [0.717, 1.165) is 36.8 Å². The molecule has 0 N–H and O–H groups in total. The Bertz CT molecular complexity index is 728. The zero-order chi connectivity index (χ0) is 17.2. The lowest BCUT2D eigenvalue weighted by Gasteiger charge is -2.45. The second-order valence-electron chi connectivity index (χ2n) is 7.31. The van der Waals surface area contributed by atoms with Crippen LogP contribution in [0.5, 0.6) is 11.5 Å². The first kappa shape index (κ1) is 16.5. The number of benzene rings is 2. The van der Waals surface area contributed by atoms with Gasteiger partial charge in [0.1, 0.15) is 0 Å². The van der Waals surface area contributed by atoms with Gasteiger partial charge >= 0.3 is 0 Å². The summed E-state index contributed by atoms with van der Waals surface area (Å²) in [5, 5.41) is 0. The molecule has 25 heavy (non-hydrogen) atoms. The fourth-order valence-electron chi connectivity index (χ4n) is 4.61. The van der Waals surface area contributed by atoms with Crippen molar-refractivity contribution < 1.29 is 9.47 Å². The van der Waals surface area contributed by atoms with Gasteiger partial charge in [0.15, 0.2) is 11.5 Å². The van der Waals surface area contributed by atoms with E-state index in [4.69, 9.17) is 9.47 Å². The van der Waals surface area contributed by atoms with Crippen LogP contribution in [0, 0.1) is 5.92 Å². The predicted octanol–water partition coefficient (Wildman–Crippen LogP) is 4.08. The van der Waals surface area contributed by atoms with Crippen LogP contribution in [0.3, 0.4) is 0 Å². The van der Waals surface area contributed by atoms with Crippen molar-refractivity contribution in [2.75, 3.05) is 20.8 Å². The minimum absolute atomic E-state index is 0.638. The van der Waals surface area contributed by atoms with Crippen LogP contribution in [0.4, 0.5) is 0 Å². The Morgan fingerprint density at radius 3 is 2.32 bits per heavy atom. The molecule has 2 aromatic carbocycles. The van der Waals surface area contributed by atoms with Gasteiger partial charge in [-0.3, -0.25) is 4.90 Å². The quantitative estimate of drug-likeness (QED) is 0.839. The predicted molar refractivity (Wildman–Crippen MR) is 100 cm³/mol. The zero-order valence-electron chi connectivity index (χ0n) is 15.2. The Morgan fingerprint density at radius 1 is 0.960 bits per heavy atom. The lowest BCUT2D eigenvalue weighted by molar-refractivity contribution is 0.0783. The fourth-order valence-corrected chi connectivity index (χ4v) is 4.61. The molecular weight excluding hydrogens is 310 g/mol. The summed E-state index contributed by atoms with van der Waals surface area (Å²) in [6.07, 6.45) is 4.92. The van der Waals surface area contributed by atoms with Crippen molar-refractivity contribution in [1.82, 2.24) is 4.90 Å². The maximum absolute atomic E-state index is 5.52. The van der Waals surface area contributed by atoms with E-state index in [1.165, 1.54) is 36.1 Å². The van der Waals surface area contributed by atoms with Crippen molar-refractivity contribution in [3.8, 4) is 11.5 Å². The molecule has 2 aromatic rings. The SMILES string of the molecule is COc1cc2c(cc1OC)CC1C(CCCN1Cc1ccccc1)C2. The second-order valence-corrected chi connectivity index (χ2v) is 7.31. The summed E-state index contributed by atoms with van der Waals surface area (Å²) >= 11 is 0. The van der Waals surface area contributed by atoms with E-state index in [1.54, 1.807) is 14.2 Å². The third-order valence-corrected chi connectivity index (χ3v) is 5.88. The third kappa shape index (κ3) is 3.25. The van der Waals surface area contributed by atoms with Gasteiger partial charge in [0, 0.05) is 12.6 Å². The zero-order valence-corrected chi connectivity index (χ0v) is 15.2. The first-order valence-electron chi connectivity index (χ1n) is 9.30. The Morgan fingerprint density at radius 2 is 1.64 bits per heavy atom. The van der Waals surface area contributed by atoms with Crippen LogP contribution >= 0.6 is 0 Å². The van der Waals surface area contributed by atoms with Crippen LogP contribution in [0.15, 0.2) is 42.5 Å². The molecule has 0 amide bonds. The largest absolute Gasteiger partial charge is 0.493 e. The highest BCUT2D eigenvalue weighted by atomic mass is 16.5. The highest BCUT2D eigenvalue weighted by Gasteiger charge is 2.36. The van der Waals surface area contributed by atoms with Crippen molar-refractivity contribution in [3.05, 3.63) is 59.2 Å². The molecule has 2 unspecified atom stereocenters. The topological polar surface area (TPSA) is 21.7 Å². The van der Waals surface area contributed by atoms with Crippen LogP contribution < -0.4 is 9.47 Å². The summed E-state index contributed by atoms with van der Waals surface area (Å²) in [5.41, 5.74) is 4.29. The lowest BCUT2D eigenvalue weighted by Crippen LogP contribution is -2.48. The maximum atomic E-state index is 5.52. The van der Waals surface area contributed by atoms with Gasteiger partial charge in [-0.1, -0.05) is 30.3 Å². The van der Waals surface area contributed by atoms with E-state index in [0.29, 0.717) is 6.04 Å². The van der Waals surface area contributed by atoms with Crippen LogP contribution in [0.1, 0.15) is 29.5 Å². The van der Waals surface area contributed by atoms with Crippen LogP contribution in [-0.4, -0.2) is 31.7 Å². The monoisotopic (exact) mass is 337 g/mol. The molecule has 4 rings (SSSR count). The fraction of sp³-hybridized carbons (Fsp3) is 0.455. The van der Waals surface area contributed by atoms with Gasteiger partial charge < -0.3 is 9.47 Å². The summed E-state index contributed by atoms with van der Waals surface area (Å²) < 4.78 is 11.0. The molecule has 0 radical (unpaired) electrons. The van der Waals surface area contributed by atoms with Gasteiger partial charge in [-0.25, -0.2) is 0 Å². The number of hydrogen-bond acceptors (Lipinski definition) is 3. The smallest absolute Gasteiger partial charge is 0.161 e. The van der Waals surface area contributed by atoms with E-state index in [9.17, 15) is 0 Å². The molecular formula is C22H27NO2. The molecule has 1 saturated heterocycles. The average molecular weight is 337 g/mol. The molecule has 0 aromatic heterocycles. The molecule has 3 heteroatoms. The van der Waals surface area contributed by atoms with Crippen LogP contribution in [0.2, 0.25) is 0 Å².